The standard InChI is InChI=1S/C17H14Cl3F3N2O3S/c1-2-25(29(27,28)15-8-11(19)3-5-13(15)20)9-16(26)24-14-6-4-10(18)7-12(14)17(21,22)23/h3-8H,2,9H2,1H3,(H,24,26). The van der Waals surface area contributed by atoms with E-state index in [4.69, 9.17) is 34.8 Å². The van der Waals surface area contributed by atoms with E-state index >= 15 is 0 Å². The first-order valence-corrected chi connectivity index (χ1v) is 10.6. The Balaban J connectivity index is 2.29. The van der Waals surface area contributed by atoms with Crippen molar-refractivity contribution >= 4 is 56.4 Å². The van der Waals surface area contributed by atoms with E-state index in [9.17, 15) is 26.4 Å². The van der Waals surface area contributed by atoms with Gasteiger partial charge in [0, 0.05) is 16.6 Å². The molecular formula is C17H14Cl3F3N2O3S. The maximum Gasteiger partial charge on any atom is 0.418 e. The van der Waals surface area contributed by atoms with Gasteiger partial charge in [-0.2, -0.15) is 17.5 Å². The zero-order valence-electron chi connectivity index (χ0n) is 14.7. The molecule has 1 amide bonds. The Hall–Kier alpha value is -1.52. The van der Waals surface area contributed by atoms with E-state index in [1.807, 2.05) is 0 Å². The van der Waals surface area contributed by atoms with Gasteiger partial charge >= 0.3 is 6.18 Å². The molecule has 5 nitrogen and oxygen atoms in total. The number of nitrogens with one attached hydrogen (secondary N) is 1. The first-order valence-electron chi connectivity index (χ1n) is 7.98. The van der Waals surface area contributed by atoms with Gasteiger partial charge in [0.1, 0.15) is 4.90 Å². The molecule has 0 unspecified atom stereocenters. The SMILES string of the molecule is CCN(CC(=O)Nc1ccc(Cl)cc1C(F)(F)F)S(=O)(=O)c1cc(Cl)ccc1Cl. The molecule has 0 saturated heterocycles. The molecule has 2 aromatic rings. The van der Waals surface area contributed by atoms with Crippen molar-refractivity contribution < 1.29 is 26.4 Å². The number of likely N-dealkylation sites (N-methyl/N-ethyl adjacent to an activating group) is 1. The number of rotatable bonds is 6. The first-order chi connectivity index (χ1) is 13.4. The summed E-state index contributed by atoms with van der Waals surface area (Å²) in [4.78, 5) is 12.0. The maximum atomic E-state index is 13.2. The van der Waals surface area contributed by atoms with Crippen molar-refractivity contribution in [1.82, 2.24) is 4.31 Å². The summed E-state index contributed by atoms with van der Waals surface area (Å²) in [5.74, 6) is -0.971. The van der Waals surface area contributed by atoms with E-state index in [1.54, 1.807) is 0 Å². The zero-order valence-corrected chi connectivity index (χ0v) is 17.8. The Bertz CT molecular complexity index is 1030. The van der Waals surface area contributed by atoms with E-state index in [0.29, 0.717) is 6.07 Å². The van der Waals surface area contributed by atoms with E-state index in [2.05, 4.69) is 5.32 Å². The number of hydrogen-bond acceptors (Lipinski definition) is 3. The van der Waals surface area contributed by atoms with Crippen LogP contribution in [0, 0.1) is 0 Å². The van der Waals surface area contributed by atoms with E-state index in [1.165, 1.54) is 25.1 Å². The number of amides is 1. The Morgan fingerprint density at radius 3 is 2.24 bits per heavy atom. The second-order valence-electron chi connectivity index (χ2n) is 5.74. The molecule has 0 bridgehead atoms. The normalized spacial score (nSPS) is 12.3. The molecule has 29 heavy (non-hydrogen) atoms. The molecule has 0 atom stereocenters. The molecule has 0 aliphatic heterocycles. The number of alkyl halides is 3. The summed E-state index contributed by atoms with van der Waals surface area (Å²) >= 11 is 17.3. The highest BCUT2D eigenvalue weighted by Crippen LogP contribution is 2.36. The number of hydrogen-bond donors (Lipinski definition) is 1. The Morgan fingerprint density at radius 2 is 1.66 bits per heavy atom. The van der Waals surface area contributed by atoms with Crippen molar-refractivity contribution in [3.63, 3.8) is 0 Å². The van der Waals surface area contributed by atoms with Gasteiger partial charge in [-0.1, -0.05) is 41.7 Å². The number of halogens is 6. The van der Waals surface area contributed by atoms with Gasteiger partial charge in [-0.25, -0.2) is 8.42 Å². The third-order valence-electron chi connectivity index (χ3n) is 3.74. The lowest BCUT2D eigenvalue weighted by atomic mass is 10.1. The second kappa shape index (κ2) is 9.09. The molecule has 0 spiro atoms. The lowest BCUT2D eigenvalue weighted by molar-refractivity contribution is -0.137. The molecule has 0 fully saturated rings. The lowest BCUT2D eigenvalue weighted by Gasteiger charge is -2.21. The number of benzene rings is 2. The summed E-state index contributed by atoms with van der Waals surface area (Å²) in [5, 5.41) is 1.92. The molecule has 0 aliphatic carbocycles. The van der Waals surface area contributed by atoms with E-state index < -0.39 is 39.9 Å². The fraction of sp³-hybridized carbons (Fsp3) is 0.235. The quantitative estimate of drug-likeness (QED) is 0.598. The van der Waals surface area contributed by atoms with E-state index in [-0.39, 0.29) is 26.5 Å². The molecule has 2 rings (SSSR count). The number of anilines is 1. The average Bonchev–Trinajstić information content (AvgIpc) is 2.62. The summed E-state index contributed by atoms with van der Waals surface area (Å²) in [5.41, 5.74) is -1.69. The molecule has 0 radical (unpaired) electrons. The molecule has 0 aliphatic rings. The summed E-state index contributed by atoms with van der Waals surface area (Å²) < 4.78 is 65.8. The topological polar surface area (TPSA) is 66.5 Å². The molecular weight excluding hydrogens is 476 g/mol. The van der Waals surface area contributed by atoms with Gasteiger partial charge in [0.2, 0.25) is 15.9 Å². The van der Waals surface area contributed by atoms with Crippen molar-refractivity contribution in [3.05, 3.63) is 57.0 Å². The van der Waals surface area contributed by atoms with Crippen LogP contribution in [0.15, 0.2) is 41.3 Å². The van der Waals surface area contributed by atoms with E-state index in [0.717, 1.165) is 16.4 Å². The molecule has 0 saturated carbocycles. The van der Waals surface area contributed by atoms with Gasteiger partial charge < -0.3 is 5.32 Å². The van der Waals surface area contributed by atoms with Gasteiger partial charge in [0.25, 0.3) is 0 Å². The fourth-order valence-corrected chi connectivity index (χ4v) is 4.71. The predicted molar refractivity (Wildman–Crippen MR) is 106 cm³/mol. The minimum absolute atomic E-state index is 0.106. The van der Waals surface area contributed by atoms with Crippen LogP contribution < -0.4 is 5.32 Å². The Kier molecular flexibility index (Phi) is 7.45. The zero-order chi connectivity index (χ0) is 22.0. The summed E-state index contributed by atoms with van der Waals surface area (Å²) in [6.45, 7) is 0.597. The van der Waals surface area contributed by atoms with Crippen molar-refractivity contribution in [1.29, 1.82) is 0 Å². The van der Waals surface area contributed by atoms with Crippen LogP contribution in [0.25, 0.3) is 0 Å². The molecule has 158 valence electrons. The van der Waals surface area contributed by atoms with Crippen LogP contribution in [0.2, 0.25) is 15.1 Å². The van der Waals surface area contributed by atoms with Gasteiger partial charge in [-0.05, 0) is 36.4 Å². The van der Waals surface area contributed by atoms with Crippen LogP contribution in [-0.2, 0) is 21.0 Å². The van der Waals surface area contributed by atoms with Gasteiger partial charge in [-0.3, -0.25) is 4.79 Å². The summed E-state index contributed by atoms with van der Waals surface area (Å²) in [6, 6.07) is 6.63. The number of carbonyl (C=O) groups excluding carboxylic acids is 1. The molecule has 0 aromatic heterocycles. The van der Waals surface area contributed by atoms with Crippen LogP contribution in [0.5, 0.6) is 0 Å². The molecule has 1 N–H and O–H groups in total. The first kappa shape index (κ1) is 23.8. The van der Waals surface area contributed by atoms with Gasteiger partial charge in [0.15, 0.2) is 0 Å². The van der Waals surface area contributed by atoms with Crippen LogP contribution in [0.3, 0.4) is 0 Å². The average molecular weight is 490 g/mol. The van der Waals surface area contributed by atoms with Crippen LogP contribution in [-0.4, -0.2) is 31.7 Å². The Morgan fingerprint density at radius 1 is 1.07 bits per heavy atom. The summed E-state index contributed by atoms with van der Waals surface area (Å²) in [7, 11) is -4.22. The van der Waals surface area contributed by atoms with Crippen molar-refractivity contribution in [2.45, 2.75) is 18.0 Å². The predicted octanol–water partition coefficient (Wildman–Crippen LogP) is 5.31. The summed E-state index contributed by atoms with van der Waals surface area (Å²) in [6.07, 6.45) is -4.77. The smallest absolute Gasteiger partial charge is 0.324 e. The van der Waals surface area contributed by atoms with Crippen LogP contribution in [0.4, 0.5) is 18.9 Å². The van der Waals surface area contributed by atoms with Gasteiger partial charge in [0.05, 0.1) is 22.8 Å². The number of nitrogens with zero attached hydrogens (tertiary/aromatic N) is 1. The van der Waals surface area contributed by atoms with Crippen molar-refractivity contribution in [2.24, 2.45) is 0 Å². The largest absolute Gasteiger partial charge is 0.418 e. The van der Waals surface area contributed by atoms with Crippen LogP contribution >= 0.6 is 34.8 Å². The minimum atomic E-state index is -4.77. The third kappa shape index (κ3) is 5.76. The number of carbonyl (C=O) groups is 1. The monoisotopic (exact) mass is 488 g/mol. The van der Waals surface area contributed by atoms with Crippen molar-refractivity contribution in [2.75, 3.05) is 18.4 Å². The molecule has 2 aromatic carbocycles. The van der Waals surface area contributed by atoms with Crippen LogP contribution in [0.1, 0.15) is 12.5 Å². The van der Waals surface area contributed by atoms with Gasteiger partial charge in [-0.15, -0.1) is 0 Å². The van der Waals surface area contributed by atoms with Crippen molar-refractivity contribution in [3.8, 4) is 0 Å². The maximum absolute atomic E-state index is 13.2. The lowest BCUT2D eigenvalue weighted by Crippen LogP contribution is -2.38. The Labute approximate surface area is 180 Å². The highest BCUT2D eigenvalue weighted by atomic mass is 35.5. The number of sulfonamides is 1. The highest BCUT2D eigenvalue weighted by molar-refractivity contribution is 7.89. The molecule has 12 heteroatoms. The third-order valence-corrected chi connectivity index (χ3v) is 6.62. The second-order valence-corrected chi connectivity index (χ2v) is 8.93. The minimum Gasteiger partial charge on any atom is -0.324 e. The molecule has 0 heterocycles. The highest BCUT2D eigenvalue weighted by Gasteiger charge is 2.35. The fourth-order valence-electron chi connectivity index (χ4n) is 2.39.